The van der Waals surface area contributed by atoms with Crippen LogP contribution in [0.2, 0.25) is 10.0 Å². The second-order valence-electron chi connectivity index (χ2n) is 6.63. The van der Waals surface area contributed by atoms with Gasteiger partial charge in [0.05, 0.1) is 21.3 Å². The van der Waals surface area contributed by atoms with Crippen molar-refractivity contribution in [1.82, 2.24) is 20.1 Å². The number of halogens is 2. The third-order valence-electron chi connectivity index (χ3n) is 4.63. The molecule has 0 saturated carbocycles. The van der Waals surface area contributed by atoms with E-state index in [1.807, 2.05) is 54.6 Å². The van der Waals surface area contributed by atoms with Crippen LogP contribution in [0.1, 0.15) is 15.9 Å². The second kappa shape index (κ2) is 9.11. The summed E-state index contributed by atoms with van der Waals surface area (Å²) in [6, 6.07) is 18.8. The van der Waals surface area contributed by atoms with E-state index in [1.165, 1.54) is 0 Å². The van der Waals surface area contributed by atoms with Crippen molar-refractivity contribution >= 4 is 29.1 Å². The summed E-state index contributed by atoms with van der Waals surface area (Å²) in [5, 5.41) is 8.61. The van der Waals surface area contributed by atoms with Crippen molar-refractivity contribution in [3.63, 3.8) is 0 Å². The van der Waals surface area contributed by atoms with Gasteiger partial charge in [-0.25, -0.2) is 4.68 Å². The number of carbonyl (C=O) groups excluding carboxylic acids is 1. The van der Waals surface area contributed by atoms with Gasteiger partial charge in [-0.1, -0.05) is 53.5 Å². The van der Waals surface area contributed by atoms with Gasteiger partial charge in [0.25, 0.3) is 5.91 Å². The number of rotatable bonds is 6. The molecule has 30 heavy (non-hydrogen) atoms. The molecule has 0 aliphatic rings. The molecule has 0 spiro atoms. The summed E-state index contributed by atoms with van der Waals surface area (Å²) in [7, 11) is 0. The van der Waals surface area contributed by atoms with Crippen molar-refractivity contribution < 1.29 is 4.79 Å². The highest BCUT2D eigenvalue weighted by Crippen LogP contribution is 2.26. The van der Waals surface area contributed by atoms with E-state index in [9.17, 15) is 4.79 Å². The molecule has 0 fully saturated rings. The predicted molar refractivity (Wildman–Crippen MR) is 119 cm³/mol. The maximum atomic E-state index is 13.0. The van der Waals surface area contributed by atoms with Gasteiger partial charge in [0, 0.05) is 30.7 Å². The Labute approximate surface area is 184 Å². The van der Waals surface area contributed by atoms with Gasteiger partial charge in [0.2, 0.25) is 0 Å². The highest BCUT2D eigenvalue weighted by Gasteiger charge is 2.18. The molecule has 1 amide bonds. The van der Waals surface area contributed by atoms with Gasteiger partial charge in [-0.3, -0.25) is 9.78 Å². The molecule has 150 valence electrons. The minimum Gasteiger partial charge on any atom is -0.352 e. The molecule has 2 aromatic heterocycles. The van der Waals surface area contributed by atoms with E-state index in [4.69, 9.17) is 23.2 Å². The van der Waals surface area contributed by atoms with E-state index in [-0.39, 0.29) is 5.91 Å². The molecule has 0 saturated heterocycles. The first-order valence-electron chi connectivity index (χ1n) is 9.40. The lowest BCUT2D eigenvalue weighted by molar-refractivity contribution is 0.0955. The Balaban J connectivity index is 1.58. The lowest BCUT2D eigenvalue weighted by Crippen LogP contribution is -2.26. The summed E-state index contributed by atoms with van der Waals surface area (Å²) in [4.78, 5) is 17.1. The molecule has 1 N–H and O–H groups in total. The average molecular weight is 437 g/mol. The van der Waals surface area contributed by atoms with Crippen LogP contribution in [-0.4, -0.2) is 27.2 Å². The van der Waals surface area contributed by atoms with Crippen LogP contribution in [0.15, 0.2) is 79.3 Å². The lowest BCUT2D eigenvalue weighted by atomic mass is 10.1. The molecule has 0 bridgehead atoms. The largest absolute Gasteiger partial charge is 0.352 e. The zero-order chi connectivity index (χ0) is 20.9. The molecular formula is C23H18Cl2N4O. The zero-order valence-corrected chi connectivity index (χ0v) is 17.4. The number of pyridine rings is 1. The first-order valence-corrected chi connectivity index (χ1v) is 10.2. The van der Waals surface area contributed by atoms with Gasteiger partial charge in [0.15, 0.2) is 0 Å². The Hall–Kier alpha value is -3.15. The third kappa shape index (κ3) is 4.37. The summed E-state index contributed by atoms with van der Waals surface area (Å²) in [5.41, 5.74) is 3.58. The van der Waals surface area contributed by atoms with Crippen LogP contribution < -0.4 is 5.32 Å². The van der Waals surface area contributed by atoms with Crippen molar-refractivity contribution in [2.45, 2.75) is 6.42 Å². The number of benzene rings is 2. The Morgan fingerprint density at radius 2 is 1.83 bits per heavy atom. The van der Waals surface area contributed by atoms with Crippen molar-refractivity contribution in [2.24, 2.45) is 0 Å². The standard InChI is InChI=1S/C23H18Cl2N4O/c24-20-10-4-6-16(21(20)25)11-13-27-23(30)19-15-29(18-8-2-1-3-9-18)28-22(19)17-7-5-12-26-14-17/h1-10,12,14-15H,11,13H2,(H,27,30). The highest BCUT2D eigenvalue weighted by atomic mass is 35.5. The van der Waals surface area contributed by atoms with Crippen molar-refractivity contribution in [2.75, 3.05) is 6.54 Å². The number of hydrogen-bond acceptors (Lipinski definition) is 3. The third-order valence-corrected chi connectivity index (χ3v) is 5.48. The Kier molecular flexibility index (Phi) is 6.12. The SMILES string of the molecule is O=C(NCCc1cccc(Cl)c1Cl)c1cn(-c2ccccc2)nc1-c1cccnc1. The summed E-state index contributed by atoms with van der Waals surface area (Å²) in [6.45, 7) is 0.419. The first kappa shape index (κ1) is 20.1. The monoisotopic (exact) mass is 436 g/mol. The van der Waals surface area contributed by atoms with E-state index in [1.54, 1.807) is 29.3 Å². The van der Waals surface area contributed by atoms with Crippen LogP contribution in [0.5, 0.6) is 0 Å². The molecule has 2 heterocycles. The number of nitrogens with zero attached hydrogens (tertiary/aromatic N) is 3. The molecule has 4 aromatic rings. The quantitative estimate of drug-likeness (QED) is 0.450. The molecular weight excluding hydrogens is 419 g/mol. The van der Waals surface area contributed by atoms with Crippen LogP contribution >= 0.6 is 23.2 Å². The first-order chi connectivity index (χ1) is 14.6. The van der Waals surface area contributed by atoms with E-state index < -0.39 is 0 Å². The number of aromatic nitrogens is 3. The molecule has 5 nitrogen and oxygen atoms in total. The Bertz CT molecular complexity index is 1160. The van der Waals surface area contributed by atoms with Gasteiger partial charge in [-0.2, -0.15) is 5.10 Å². The Morgan fingerprint density at radius 1 is 1.00 bits per heavy atom. The normalized spacial score (nSPS) is 10.7. The fraction of sp³-hybridized carbons (Fsp3) is 0.0870. The smallest absolute Gasteiger partial charge is 0.255 e. The van der Waals surface area contributed by atoms with E-state index >= 15 is 0 Å². The molecule has 7 heteroatoms. The Morgan fingerprint density at radius 3 is 2.60 bits per heavy atom. The average Bonchev–Trinajstić information content (AvgIpc) is 3.23. The maximum absolute atomic E-state index is 13.0. The molecule has 4 rings (SSSR count). The van der Waals surface area contributed by atoms with Gasteiger partial charge in [-0.05, 0) is 42.3 Å². The number of nitrogens with one attached hydrogen (secondary N) is 1. The topological polar surface area (TPSA) is 59.8 Å². The lowest BCUT2D eigenvalue weighted by Gasteiger charge is -2.08. The van der Waals surface area contributed by atoms with Crippen LogP contribution in [0.25, 0.3) is 16.9 Å². The van der Waals surface area contributed by atoms with Crippen molar-refractivity contribution in [3.8, 4) is 16.9 Å². The van der Waals surface area contributed by atoms with Gasteiger partial charge in [0.1, 0.15) is 5.69 Å². The summed E-state index contributed by atoms with van der Waals surface area (Å²) in [5.74, 6) is -0.214. The van der Waals surface area contributed by atoms with Crippen molar-refractivity contribution in [1.29, 1.82) is 0 Å². The van der Waals surface area contributed by atoms with Crippen LogP contribution in [0.4, 0.5) is 0 Å². The molecule has 2 aromatic carbocycles. The van der Waals surface area contributed by atoms with E-state index in [0.717, 1.165) is 16.8 Å². The number of carbonyl (C=O) groups is 1. The molecule has 0 atom stereocenters. The maximum Gasteiger partial charge on any atom is 0.255 e. The summed E-state index contributed by atoms with van der Waals surface area (Å²) >= 11 is 12.3. The fourth-order valence-electron chi connectivity index (χ4n) is 3.12. The van der Waals surface area contributed by atoms with Crippen LogP contribution in [-0.2, 0) is 6.42 Å². The van der Waals surface area contributed by atoms with Crippen LogP contribution in [0.3, 0.4) is 0 Å². The molecule has 0 radical (unpaired) electrons. The van der Waals surface area contributed by atoms with E-state index in [0.29, 0.717) is 34.3 Å². The highest BCUT2D eigenvalue weighted by molar-refractivity contribution is 6.42. The molecule has 0 unspecified atom stereocenters. The number of amides is 1. The minimum atomic E-state index is -0.214. The summed E-state index contributed by atoms with van der Waals surface area (Å²) < 4.78 is 1.70. The van der Waals surface area contributed by atoms with Gasteiger partial charge in [-0.15, -0.1) is 0 Å². The number of hydrogen-bond donors (Lipinski definition) is 1. The van der Waals surface area contributed by atoms with E-state index in [2.05, 4.69) is 15.4 Å². The minimum absolute atomic E-state index is 0.214. The molecule has 0 aliphatic heterocycles. The number of para-hydroxylation sites is 1. The van der Waals surface area contributed by atoms with Crippen LogP contribution in [0, 0.1) is 0 Å². The molecule has 0 aliphatic carbocycles. The second-order valence-corrected chi connectivity index (χ2v) is 7.42. The predicted octanol–water partition coefficient (Wildman–Crippen LogP) is 5.21. The summed E-state index contributed by atoms with van der Waals surface area (Å²) in [6.07, 6.45) is 5.69. The van der Waals surface area contributed by atoms with Gasteiger partial charge < -0.3 is 5.32 Å². The zero-order valence-electron chi connectivity index (χ0n) is 15.9. The van der Waals surface area contributed by atoms with Crippen molar-refractivity contribution in [3.05, 3.63) is 100 Å². The fourth-order valence-corrected chi connectivity index (χ4v) is 3.53. The van der Waals surface area contributed by atoms with Gasteiger partial charge >= 0.3 is 0 Å².